The van der Waals surface area contributed by atoms with E-state index < -0.39 is 17.6 Å². The van der Waals surface area contributed by atoms with E-state index in [1.807, 2.05) is 35.9 Å². The zero-order chi connectivity index (χ0) is 27.6. The summed E-state index contributed by atoms with van der Waals surface area (Å²) in [5, 5.41) is 15.9. The molecule has 1 amide bonds. The van der Waals surface area contributed by atoms with Gasteiger partial charge in [-0.15, -0.1) is 0 Å². The maximum Gasteiger partial charge on any atom is 0.416 e. The number of anilines is 1. The van der Waals surface area contributed by atoms with Crippen LogP contribution >= 0.6 is 0 Å². The fourth-order valence-electron chi connectivity index (χ4n) is 3.90. The molecule has 0 aliphatic carbocycles. The Morgan fingerprint density at radius 2 is 1.92 bits per heavy atom. The lowest BCUT2D eigenvalue weighted by Crippen LogP contribution is -2.15. The lowest BCUT2D eigenvalue weighted by Gasteiger charge is -2.09. The summed E-state index contributed by atoms with van der Waals surface area (Å²) in [4.78, 5) is 20.8. The number of amides is 1. The monoisotopic (exact) mass is 530 g/mol. The first-order chi connectivity index (χ1) is 18.7. The molecule has 0 saturated heterocycles. The van der Waals surface area contributed by atoms with Crippen LogP contribution in [0.5, 0.6) is 0 Å². The summed E-state index contributed by atoms with van der Waals surface area (Å²) in [5.41, 5.74) is 3.75. The molecule has 0 spiro atoms. The van der Waals surface area contributed by atoms with Gasteiger partial charge in [-0.3, -0.25) is 19.0 Å². The smallest absolute Gasteiger partial charge is 0.394 e. The molecule has 11 heteroatoms. The molecule has 5 aromatic rings. The first-order valence-corrected chi connectivity index (χ1v) is 11.8. The van der Waals surface area contributed by atoms with Crippen LogP contribution in [0.4, 0.5) is 18.9 Å². The van der Waals surface area contributed by atoms with E-state index in [0.29, 0.717) is 23.9 Å². The van der Waals surface area contributed by atoms with Crippen LogP contribution in [-0.2, 0) is 12.7 Å². The number of imidazole rings is 1. The van der Waals surface area contributed by atoms with E-state index in [0.717, 1.165) is 40.1 Å². The van der Waals surface area contributed by atoms with Crippen LogP contribution < -0.4 is 5.32 Å². The number of aryl methyl sites for hydroxylation is 1. The Kier molecular flexibility index (Phi) is 6.87. The average Bonchev–Trinajstić information content (AvgIpc) is 3.55. The van der Waals surface area contributed by atoms with Crippen molar-refractivity contribution in [1.82, 2.24) is 24.3 Å². The molecular formula is C28H21F3N6O2. The molecule has 0 saturated carbocycles. The molecule has 8 nitrogen and oxygen atoms in total. The molecule has 196 valence electrons. The highest BCUT2D eigenvalue weighted by atomic mass is 19.4. The van der Waals surface area contributed by atoms with Crippen molar-refractivity contribution in [2.45, 2.75) is 19.6 Å². The van der Waals surface area contributed by atoms with E-state index in [2.05, 4.69) is 32.2 Å². The van der Waals surface area contributed by atoms with Gasteiger partial charge in [-0.2, -0.15) is 18.3 Å². The van der Waals surface area contributed by atoms with Crippen LogP contribution in [-0.4, -0.2) is 41.9 Å². The molecule has 3 aromatic heterocycles. The summed E-state index contributed by atoms with van der Waals surface area (Å²) in [6.45, 7) is 2.26. The average molecular weight is 531 g/mol. The van der Waals surface area contributed by atoms with Crippen LogP contribution in [0.3, 0.4) is 0 Å². The third kappa shape index (κ3) is 5.66. The lowest BCUT2D eigenvalue weighted by atomic mass is 10.1. The highest BCUT2D eigenvalue weighted by Crippen LogP contribution is 2.29. The number of hydrogen-bond acceptors (Lipinski definition) is 5. The number of nitrogens with one attached hydrogen (secondary N) is 1. The van der Waals surface area contributed by atoms with E-state index >= 15 is 0 Å². The molecule has 2 aromatic carbocycles. The Morgan fingerprint density at radius 1 is 1.08 bits per heavy atom. The van der Waals surface area contributed by atoms with Crippen molar-refractivity contribution in [3.63, 3.8) is 0 Å². The number of halogens is 3. The van der Waals surface area contributed by atoms with Gasteiger partial charge in [-0.05, 0) is 55.0 Å². The van der Waals surface area contributed by atoms with E-state index in [4.69, 9.17) is 5.11 Å². The number of aromatic nitrogens is 5. The number of aliphatic hydroxyl groups excluding tert-OH is 1. The number of pyridine rings is 1. The minimum atomic E-state index is -4.57. The second kappa shape index (κ2) is 10.4. The summed E-state index contributed by atoms with van der Waals surface area (Å²) in [6.07, 6.45) is 1.59. The second-order valence-corrected chi connectivity index (χ2v) is 8.66. The van der Waals surface area contributed by atoms with Crippen molar-refractivity contribution in [1.29, 1.82) is 0 Å². The Balaban J connectivity index is 1.35. The van der Waals surface area contributed by atoms with E-state index in [-0.39, 0.29) is 12.3 Å². The van der Waals surface area contributed by atoms with Gasteiger partial charge in [0.1, 0.15) is 12.0 Å². The van der Waals surface area contributed by atoms with E-state index in [1.54, 1.807) is 35.4 Å². The van der Waals surface area contributed by atoms with Gasteiger partial charge in [-0.1, -0.05) is 17.9 Å². The minimum absolute atomic E-state index is 0.00435. The predicted molar refractivity (Wildman–Crippen MR) is 138 cm³/mol. The zero-order valence-electron chi connectivity index (χ0n) is 20.6. The number of nitrogens with zero attached hydrogens (tertiary/aromatic N) is 5. The SMILES string of the molecule is Cc1ccc(NC(=O)c2cc(C(F)(F)F)ccn2)cc1C#Cc1ccc2c(c1)ncn2-c1cnn(CCO)c1. The predicted octanol–water partition coefficient (Wildman–Crippen LogP) is 4.59. The summed E-state index contributed by atoms with van der Waals surface area (Å²) >= 11 is 0. The molecular weight excluding hydrogens is 509 g/mol. The number of benzene rings is 2. The van der Waals surface area contributed by atoms with Gasteiger partial charge in [0, 0.05) is 29.2 Å². The quantitative estimate of drug-likeness (QED) is 0.324. The Labute approximate surface area is 220 Å². The summed E-state index contributed by atoms with van der Waals surface area (Å²) in [5.74, 6) is 5.44. The van der Waals surface area contributed by atoms with Gasteiger partial charge in [0.05, 0.1) is 41.6 Å². The van der Waals surface area contributed by atoms with Crippen LogP contribution in [0.25, 0.3) is 16.7 Å². The molecule has 0 fully saturated rings. The molecule has 0 aliphatic heterocycles. The van der Waals surface area contributed by atoms with Gasteiger partial charge in [0.25, 0.3) is 5.91 Å². The fraction of sp³-hybridized carbons (Fsp3) is 0.143. The van der Waals surface area contributed by atoms with E-state index in [1.165, 1.54) is 0 Å². The van der Waals surface area contributed by atoms with Crippen LogP contribution in [0.15, 0.2) is 73.4 Å². The summed E-state index contributed by atoms with van der Waals surface area (Å²) in [6, 6.07) is 12.2. The van der Waals surface area contributed by atoms with E-state index in [9.17, 15) is 18.0 Å². The van der Waals surface area contributed by atoms with Crippen molar-refractivity contribution in [2.75, 3.05) is 11.9 Å². The third-order valence-corrected chi connectivity index (χ3v) is 5.93. The first kappa shape index (κ1) is 25.7. The van der Waals surface area contributed by atoms with Gasteiger partial charge < -0.3 is 10.4 Å². The van der Waals surface area contributed by atoms with Crippen molar-refractivity contribution >= 4 is 22.6 Å². The highest BCUT2D eigenvalue weighted by Gasteiger charge is 2.31. The molecule has 0 aliphatic rings. The molecule has 0 bridgehead atoms. The highest BCUT2D eigenvalue weighted by molar-refractivity contribution is 6.03. The molecule has 3 heterocycles. The summed E-state index contributed by atoms with van der Waals surface area (Å²) in [7, 11) is 0. The molecule has 0 unspecified atom stereocenters. The Hall–Kier alpha value is -4.95. The fourth-order valence-corrected chi connectivity index (χ4v) is 3.90. The summed E-state index contributed by atoms with van der Waals surface area (Å²) < 4.78 is 42.5. The number of carbonyl (C=O) groups is 1. The molecule has 0 atom stereocenters. The third-order valence-electron chi connectivity index (χ3n) is 5.93. The molecule has 5 rings (SSSR count). The number of rotatable bonds is 5. The first-order valence-electron chi connectivity index (χ1n) is 11.8. The van der Waals surface area contributed by atoms with Gasteiger partial charge in [0.15, 0.2) is 0 Å². The maximum absolute atomic E-state index is 13.0. The number of carbonyl (C=O) groups excluding carboxylic acids is 1. The Morgan fingerprint density at radius 3 is 2.72 bits per heavy atom. The van der Waals surface area contributed by atoms with Crippen LogP contribution in [0, 0.1) is 18.8 Å². The number of alkyl halides is 3. The molecule has 39 heavy (non-hydrogen) atoms. The van der Waals surface area contributed by atoms with Gasteiger partial charge in [-0.25, -0.2) is 4.98 Å². The number of aliphatic hydroxyl groups is 1. The van der Waals surface area contributed by atoms with Gasteiger partial charge in [0.2, 0.25) is 0 Å². The van der Waals surface area contributed by atoms with Crippen molar-refractivity contribution in [2.24, 2.45) is 0 Å². The maximum atomic E-state index is 13.0. The number of hydrogen-bond donors (Lipinski definition) is 2. The van der Waals surface area contributed by atoms with Gasteiger partial charge >= 0.3 is 6.18 Å². The van der Waals surface area contributed by atoms with Crippen LogP contribution in [0.2, 0.25) is 0 Å². The molecule has 2 N–H and O–H groups in total. The number of fused-ring (bicyclic) bond motifs is 1. The normalized spacial score (nSPS) is 11.3. The van der Waals surface area contributed by atoms with Crippen molar-refractivity contribution in [3.8, 4) is 17.5 Å². The van der Waals surface area contributed by atoms with Crippen LogP contribution in [0.1, 0.15) is 32.7 Å². The minimum Gasteiger partial charge on any atom is -0.394 e. The lowest BCUT2D eigenvalue weighted by molar-refractivity contribution is -0.137. The van der Waals surface area contributed by atoms with Crippen molar-refractivity contribution in [3.05, 3.63) is 101 Å². The second-order valence-electron chi connectivity index (χ2n) is 8.66. The standard InChI is InChI=1S/C28H21F3N6O2/c1-18-2-6-22(35-27(39)25-14-21(8-9-32-25)28(29,30)31)13-20(18)5-3-19-4-7-26-24(12-19)33-17-37(26)23-15-34-36(16-23)10-11-38/h2,4,6-9,12-17,38H,10-11H2,1H3,(H,35,39). The Bertz CT molecular complexity index is 1740. The van der Waals surface area contributed by atoms with Crippen molar-refractivity contribution < 1.29 is 23.1 Å². The topological polar surface area (TPSA) is 97.9 Å². The largest absolute Gasteiger partial charge is 0.416 e. The molecule has 0 radical (unpaired) electrons. The zero-order valence-corrected chi connectivity index (χ0v) is 20.6.